The van der Waals surface area contributed by atoms with Gasteiger partial charge in [-0.3, -0.25) is 4.79 Å². The second-order valence-corrected chi connectivity index (χ2v) is 8.88. The summed E-state index contributed by atoms with van der Waals surface area (Å²) in [6.45, 7) is 1.60. The van der Waals surface area contributed by atoms with Crippen molar-refractivity contribution in [1.29, 1.82) is 0 Å². The third kappa shape index (κ3) is 5.92. The van der Waals surface area contributed by atoms with Crippen LogP contribution in [-0.2, 0) is 0 Å². The molecule has 0 radical (unpaired) electrons. The van der Waals surface area contributed by atoms with E-state index in [-0.39, 0.29) is 18.0 Å². The molecule has 3 aromatic carbocycles. The highest BCUT2D eigenvalue weighted by molar-refractivity contribution is 5.99. The maximum Gasteiger partial charge on any atom is 0.323 e. The van der Waals surface area contributed by atoms with Crippen molar-refractivity contribution in [2.45, 2.75) is 12.5 Å². The highest BCUT2D eigenvalue weighted by atomic mass is 16.5. The Balaban J connectivity index is 1.11. The number of ether oxygens (including phenoxy) is 1. The van der Waals surface area contributed by atoms with Crippen molar-refractivity contribution in [1.82, 2.24) is 4.90 Å². The number of nitrogens with zero attached hydrogens (tertiary/aromatic N) is 2. The molecule has 0 saturated carbocycles. The zero-order valence-electron chi connectivity index (χ0n) is 20.5. The lowest BCUT2D eigenvalue weighted by molar-refractivity contribution is 0.0744. The van der Waals surface area contributed by atoms with Crippen LogP contribution in [0.2, 0.25) is 0 Å². The summed E-state index contributed by atoms with van der Waals surface area (Å²) in [5.41, 5.74) is 2.96. The van der Waals surface area contributed by atoms with E-state index in [1.807, 2.05) is 61.6 Å². The van der Waals surface area contributed by atoms with Gasteiger partial charge in [0.15, 0.2) is 0 Å². The van der Waals surface area contributed by atoms with E-state index < -0.39 is 0 Å². The molecule has 0 spiro atoms. The molecule has 5 rings (SSSR count). The first-order valence-corrected chi connectivity index (χ1v) is 12.1. The number of carbonyl (C=O) groups excluding carboxylic acids is 2. The highest BCUT2D eigenvalue weighted by Crippen LogP contribution is 2.26. The fourth-order valence-electron chi connectivity index (χ4n) is 4.33. The predicted octanol–water partition coefficient (Wildman–Crippen LogP) is 6.07. The summed E-state index contributed by atoms with van der Waals surface area (Å²) in [6.07, 6.45) is 3.87. The van der Waals surface area contributed by atoms with Gasteiger partial charge in [-0.05, 0) is 73.2 Å². The number of rotatable bonds is 7. The minimum absolute atomic E-state index is 0.0375. The number of hydrogen-bond donors (Lipinski definition) is 2. The predicted molar refractivity (Wildman–Crippen MR) is 143 cm³/mol. The smallest absolute Gasteiger partial charge is 0.323 e. The number of amides is 3. The van der Waals surface area contributed by atoms with Crippen molar-refractivity contribution < 1.29 is 18.7 Å². The van der Waals surface area contributed by atoms with Crippen LogP contribution >= 0.6 is 0 Å². The van der Waals surface area contributed by atoms with Crippen LogP contribution in [0, 0.1) is 0 Å². The number of urea groups is 1. The second-order valence-electron chi connectivity index (χ2n) is 8.88. The van der Waals surface area contributed by atoms with E-state index in [0.717, 1.165) is 30.9 Å². The van der Waals surface area contributed by atoms with Gasteiger partial charge < -0.3 is 29.6 Å². The van der Waals surface area contributed by atoms with Crippen molar-refractivity contribution in [2.75, 3.05) is 35.7 Å². The molecule has 4 aromatic rings. The zero-order valence-corrected chi connectivity index (χ0v) is 20.5. The molecule has 8 heteroatoms. The molecule has 1 aliphatic heterocycles. The Hall–Kier alpha value is -4.72. The minimum atomic E-state index is -0.329. The van der Waals surface area contributed by atoms with Crippen LogP contribution in [0.25, 0.3) is 0 Å². The number of carbonyl (C=O) groups is 2. The quantitative estimate of drug-likeness (QED) is 0.324. The first kappa shape index (κ1) is 24.0. The Kier molecular flexibility index (Phi) is 7.07. The molecule has 1 aliphatic rings. The average molecular weight is 497 g/mol. The number of nitrogens with one attached hydrogen (secondary N) is 2. The first-order valence-electron chi connectivity index (χ1n) is 12.1. The molecule has 1 fully saturated rings. The van der Waals surface area contributed by atoms with Crippen LogP contribution in [0.15, 0.2) is 102 Å². The molecule has 1 unspecified atom stereocenters. The monoisotopic (exact) mass is 496 g/mol. The lowest BCUT2D eigenvalue weighted by Gasteiger charge is -2.25. The number of furan rings is 1. The number of likely N-dealkylation sites (N-methyl/N-ethyl adjacent to an activating group) is 1. The van der Waals surface area contributed by atoms with Crippen LogP contribution in [0.3, 0.4) is 0 Å². The molecule has 188 valence electrons. The summed E-state index contributed by atoms with van der Waals surface area (Å²) in [7, 11) is 1.83. The third-order valence-corrected chi connectivity index (χ3v) is 6.38. The lowest BCUT2D eigenvalue weighted by Crippen LogP contribution is -2.38. The Labute approximate surface area is 215 Å². The van der Waals surface area contributed by atoms with Crippen molar-refractivity contribution >= 4 is 29.0 Å². The summed E-state index contributed by atoms with van der Waals surface area (Å²) < 4.78 is 10.8. The van der Waals surface area contributed by atoms with Gasteiger partial charge in [0.25, 0.3) is 5.91 Å². The molecule has 2 heterocycles. The lowest BCUT2D eigenvalue weighted by atomic mass is 10.2. The SMILES string of the molecule is CN(C(=O)c1ccoc1)C1CCN(c2ccc(NC(=O)Nc3ccc(Oc4ccccc4)cc3)cc2)C1. The standard InChI is InChI=1S/C29H28N4O4/c1-32(28(34)21-16-18-36-20-21)25-15-17-33(19-25)24-11-7-22(8-12-24)30-29(35)31-23-9-13-27(14-10-23)37-26-5-3-2-4-6-26/h2-14,16,18,20,25H,15,17,19H2,1H3,(H2,30,31,35). The molecule has 37 heavy (non-hydrogen) atoms. The Morgan fingerprint density at radius 2 is 1.54 bits per heavy atom. The summed E-state index contributed by atoms with van der Waals surface area (Å²) in [4.78, 5) is 29.1. The van der Waals surface area contributed by atoms with E-state index in [2.05, 4.69) is 15.5 Å². The van der Waals surface area contributed by atoms with E-state index >= 15 is 0 Å². The third-order valence-electron chi connectivity index (χ3n) is 6.38. The number of hydrogen-bond acceptors (Lipinski definition) is 5. The average Bonchev–Trinajstić information content (AvgIpc) is 3.63. The summed E-state index contributed by atoms with van der Waals surface area (Å²) >= 11 is 0. The molecule has 8 nitrogen and oxygen atoms in total. The Morgan fingerprint density at radius 3 is 2.19 bits per heavy atom. The van der Waals surface area contributed by atoms with Gasteiger partial charge in [-0.25, -0.2) is 4.79 Å². The number of para-hydroxylation sites is 1. The molecule has 1 saturated heterocycles. The van der Waals surface area contributed by atoms with Gasteiger partial charge in [0.2, 0.25) is 0 Å². The van der Waals surface area contributed by atoms with E-state index in [0.29, 0.717) is 22.7 Å². The van der Waals surface area contributed by atoms with E-state index in [1.165, 1.54) is 12.5 Å². The van der Waals surface area contributed by atoms with Crippen molar-refractivity contribution in [3.05, 3.63) is 103 Å². The van der Waals surface area contributed by atoms with Gasteiger partial charge in [0.05, 0.1) is 17.9 Å². The highest BCUT2D eigenvalue weighted by Gasteiger charge is 2.29. The molecule has 0 aliphatic carbocycles. The van der Waals surface area contributed by atoms with Crippen LogP contribution in [0.4, 0.5) is 21.9 Å². The maximum atomic E-state index is 12.6. The Morgan fingerprint density at radius 1 is 0.892 bits per heavy atom. The van der Waals surface area contributed by atoms with Crippen molar-refractivity contribution in [2.24, 2.45) is 0 Å². The van der Waals surface area contributed by atoms with Gasteiger partial charge in [0, 0.05) is 37.2 Å². The van der Waals surface area contributed by atoms with Gasteiger partial charge in [-0.2, -0.15) is 0 Å². The molecule has 1 aromatic heterocycles. The van der Waals surface area contributed by atoms with Gasteiger partial charge in [0.1, 0.15) is 17.8 Å². The summed E-state index contributed by atoms with van der Waals surface area (Å²) in [5, 5.41) is 5.69. The summed E-state index contributed by atoms with van der Waals surface area (Å²) in [5.74, 6) is 1.40. The topological polar surface area (TPSA) is 87.1 Å². The normalized spacial score (nSPS) is 14.7. The molecular formula is C29H28N4O4. The molecule has 1 atom stereocenters. The van der Waals surface area contributed by atoms with Crippen molar-refractivity contribution in [3.8, 4) is 11.5 Å². The van der Waals surface area contributed by atoms with Crippen LogP contribution in [-0.4, -0.2) is 43.0 Å². The molecule has 3 amide bonds. The molecular weight excluding hydrogens is 468 g/mol. The van der Waals surface area contributed by atoms with Crippen LogP contribution in [0.5, 0.6) is 11.5 Å². The van der Waals surface area contributed by atoms with Crippen molar-refractivity contribution in [3.63, 3.8) is 0 Å². The minimum Gasteiger partial charge on any atom is -0.472 e. The molecule has 0 bridgehead atoms. The molecule has 2 N–H and O–H groups in total. The van der Waals surface area contributed by atoms with E-state index in [9.17, 15) is 9.59 Å². The van der Waals surface area contributed by atoms with Gasteiger partial charge in [-0.15, -0.1) is 0 Å². The zero-order chi connectivity index (χ0) is 25.6. The number of benzene rings is 3. The largest absolute Gasteiger partial charge is 0.472 e. The van der Waals surface area contributed by atoms with Gasteiger partial charge >= 0.3 is 6.03 Å². The summed E-state index contributed by atoms with van der Waals surface area (Å²) in [6, 6.07) is 25.9. The fourth-order valence-corrected chi connectivity index (χ4v) is 4.33. The van der Waals surface area contributed by atoms with Crippen LogP contribution in [0.1, 0.15) is 16.8 Å². The Bertz CT molecular complexity index is 1320. The number of anilines is 3. The first-order chi connectivity index (χ1) is 18.0. The fraction of sp³-hybridized carbons (Fsp3) is 0.172. The maximum absolute atomic E-state index is 12.6. The van der Waals surface area contributed by atoms with E-state index in [4.69, 9.17) is 9.15 Å². The van der Waals surface area contributed by atoms with Crippen LogP contribution < -0.4 is 20.3 Å². The van der Waals surface area contributed by atoms with Gasteiger partial charge in [-0.1, -0.05) is 18.2 Å². The van der Waals surface area contributed by atoms with E-state index in [1.54, 1.807) is 35.2 Å². The second kappa shape index (κ2) is 10.9.